The van der Waals surface area contributed by atoms with Crippen LogP contribution < -0.4 is 26.0 Å². The van der Waals surface area contributed by atoms with E-state index in [0.29, 0.717) is 60.7 Å². The van der Waals surface area contributed by atoms with Gasteiger partial charge < -0.3 is 15.1 Å². The molecule has 7 nitrogen and oxygen atoms in total. The number of alkyl halides is 3. The average Bonchev–Trinajstić information content (AvgIpc) is 3.75. The van der Waals surface area contributed by atoms with Crippen LogP contribution in [-0.2, 0) is 6.18 Å². The molecule has 0 atom stereocenters. The zero-order valence-electron chi connectivity index (χ0n) is 19.9. The molecule has 1 aliphatic carbocycles. The molecule has 37 heavy (non-hydrogen) atoms. The molecule has 0 amide bonds. The lowest BCUT2D eigenvalue weighted by atomic mass is 10.0. The molecule has 0 bridgehead atoms. The van der Waals surface area contributed by atoms with Gasteiger partial charge >= 0.3 is 6.18 Å². The summed E-state index contributed by atoms with van der Waals surface area (Å²) in [6.07, 6.45) is -0.306. The molecule has 4 aromatic rings. The third kappa shape index (κ3) is 4.30. The molecule has 0 radical (unpaired) electrons. The fourth-order valence-electron chi connectivity index (χ4n) is 4.94. The number of aromatic nitrogens is 2. The zero-order valence-corrected chi connectivity index (χ0v) is 19.9. The van der Waals surface area contributed by atoms with Gasteiger partial charge in [-0.25, -0.2) is 9.97 Å². The van der Waals surface area contributed by atoms with Crippen LogP contribution in [0.3, 0.4) is 0 Å². The number of hydrogen-bond donors (Lipinski definition) is 1. The topological polar surface area (TPSA) is 78.4 Å². The second kappa shape index (κ2) is 8.86. The van der Waals surface area contributed by atoms with Crippen LogP contribution in [0.5, 0.6) is 0 Å². The van der Waals surface area contributed by atoms with Crippen LogP contribution in [0.15, 0.2) is 58.3 Å². The lowest BCUT2D eigenvalue weighted by Gasteiger charge is -2.27. The van der Waals surface area contributed by atoms with Crippen LogP contribution in [0, 0.1) is 0 Å². The van der Waals surface area contributed by atoms with Gasteiger partial charge in [0.1, 0.15) is 22.9 Å². The molecule has 190 valence electrons. The molecular formula is C27H24F3N5O2. The summed E-state index contributed by atoms with van der Waals surface area (Å²) in [4.78, 5) is 37.2. The molecule has 2 fully saturated rings. The van der Waals surface area contributed by atoms with Crippen molar-refractivity contribution < 1.29 is 13.2 Å². The molecule has 1 saturated heterocycles. The van der Waals surface area contributed by atoms with Crippen molar-refractivity contribution in [2.75, 3.05) is 41.3 Å². The summed E-state index contributed by atoms with van der Waals surface area (Å²) in [5, 5.41) is 3.72. The molecule has 2 aliphatic rings. The van der Waals surface area contributed by atoms with Crippen LogP contribution in [0.25, 0.3) is 22.0 Å². The zero-order chi connectivity index (χ0) is 25.7. The van der Waals surface area contributed by atoms with Gasteiger partial charge in [-0.05, 0) is 37.0 Å². The molecule has 1 aliphatic heterocycles. The minimum atomic E-state index is -4.57. The van der Waals surface area contributed by atoms with Crippen molar-refractivity contribution in [1.82, 2.24) is 9.97 Å². The van der Waals surface area contributed by atoms with Gasteiger partial charge in [-0.15, -0.1) is 0 Å². The van der Waals surface area contributed by atoms with Crippen molar-refractivity contribution in [3.05, 3.63) is 74.8 Å². The number of nitrogens with one attached hydrogen (secondary N) is 1. The highest BCUT2D eigenvalue weighted by Gasteiger charge is 2.34. The van der Waals surface area contributed by atoms with E-state index in [-0.39, 0.29) is 11.6 Å². The Hall–Kier alpha value is -3.95. The number of fused-ring (bicyclic) bond motifs is 1. The number of nitrogens with zero attached hydrogens (tertiary/aromatic N) is 4. The minimum absolute atomic E-state index is 0.241. The Morgan fingerprint density at radius 1 is 0.892 bits per heavy atom. The highest BCUT2D eigenvalue weighted by Crippen LogP contribution is 2.36. The highest BCUT2D eigenvalue weighted by molar-refractivity contribution is 5.99. The average molecular weight is 508 g/mol. The molecule has 2 aromatic carbocycles. The van der Waals surface area contributed by atoms with Crippen LogP contribution in [-0.4, -0.2) is 42.2 Å². The first kappa shape index (κ1) is 23.4. The monoisotopic (exact) mass is 507 g/mol. The van der Waals surface area contributed by atoms with Crippen LogP contribution in [0.2, 0.25) is 0 Å². The van der Waals surface area contributed by atoms with Gasteiger partial charge in [-0.3, -0.25) is 9.59 Å². The number of hydrogen-bond acceptors (Lipinski definition) is 7. The third-order valence-electron chi connectivity index (χ3n) is 7.01. The van der Waals surface area contributed by atoms with Gasteiger partial charge in [-0.1, -0.05) is 30.3 Å². The van der Waals surface area contributed by atoms with Crippen LogP contribution in [0.4, 0.5) is 30.4 Å². The van der Waals surface area contributed by atoms with E-state index in [9.17, 15) is 22.8 Å². The highest BCUT2D eigenvalue weighted by atomic mass is 19.4. The Balaban J connectivity index is 1.34. The molecule has 2 aromatic heterocycles. The summed E-state index contributed by atoms with van der Waals surface area (Å²) in [6, 6.07) is 11.8. The maximum absolute atomic E-state index is 13.5. The van der Waals surface area contributed by atoms with E-state index in [0.717, 1.165) is 24.5 Å². The summed E-state index contributed by atoms with van der Waals surface area (Å²) in [6.45, 7) is 2.18. The first-order valence-electron chi connectivity index (χ1n) is 12.3. The molecule has 0 unspecified atom stereocenters. The Labute approximate surface area is 210 Å². The number of rotatable bonds is 5. The predicted molar refractivity (Wildman–Crippen MR) is 137 cm³/mol. The van der Waals surface area contributed by atoms with Crippen LogP contribution >= 0.6 is 0 Å². The van der Waals surface area contributed by atoms with E-state index in [4.69, 9.17) is 0 Å². The van der Waals surface area contributed by atoms with Crippen molar-refractivity contribution in [2.45, 2.75) is 31.5 Å². The van der Waals surface area contributed by atoms with E-state index < -0.39 is 22.7 Å². The van der Waals surface area contributed by atoms with Crippen molar-refractivity contribution in [3.8, 4) is 11.1 Å². The van der Waals surface area contributed by atoms with E-state index >= 15 is 0 Å². The van der Waals surface area contributed by atoms with Gasteiger partial charge in [0.05, 0.1) is 5.52 Å². The van der Waals surface area contributed by atoms with E-state index in [2.05, 4.69) is 15.3 Å². The number of pyridine rings is 2. The van der Waals surface area contributed by atoms with Gasteiger partial charge in [0.15, 0.2) is 0 Å². The molecule has 1 saturated carbocycles. The predicted octanol–water partition coefficient (Wildman–Crippen LogP) is 4.20. The van der Waals surface area contributed by atoms with Crippen molar-refractivity contribution in [2.24, 2.45) is 0 Å². The van der Waals surface area contributed by atoms with E-state index in [1.807, 2.05) is 40.1 Å². The summed E-state index contributed by atoms with van der Waals surface area (Å²) in [5.74, 6) is 0.555. The standard InChI is InChI=1S/C27H24F3N5O2/c28-27(29,30)20-10-9-18-21(33-20)19(16-5-2-1-3-6-16)15-31-26(18)35-12-4-11-34(13-14-35)23-22(24(36)25(23)37)32-17-7-8-17/h1-3,5-6,9-10,15,17,32H,4,7-8,11-14H2. The second-order valence-electron chi connectivity index (χ2n) is 9.58. The lowest BCUT2D eigenvalue weighted by molar-refractivity contribution is -0.140. The quantitative estimate of drug-likeness (QED) is 0.406. The first-order valence-corrected chi connectivity index (χ1v) is 12.3. The largest absolute Gasteiger partial charge is 0.433 e. The SMILES string of the molecule is O=c1c(NC2CC2)c(N2CCCN(c3ncc(-c4ccccc4)c4nc(C(F)(F)F)ccc34)CC2)c1=O. The number of benzene rings is 1. The Morgan fingerprint density at radius 2 is 1.62 bits per heavy atom. The Morgan fingerprint density at radius 3 is 2.35 bits per heavy atom. The fraction of sp³-hybridized carbons (Fsp3) is 0.333. The summed E-state index contributed by atoms with van der Waals surface area (Å²) >= 11 is 0. The Kier molecular flexibility index (Phi) is 5.62. The second-order valence-corrected chi connectivity index (χ2v) is 9.58. The van der Waals surface area contributed by atoms with Gasteiger partial charge in [0.2, 0.25) is 0 Å². The minimum Gasteiger partial charge on any atom is -0.377 e. The summed E-state index contributed by atoms with van der Waals surface area (Å²) < 4.78 is 40.6. The maximum atomic E-state index is 13.5. The van der Waals surface area contributed by atoms with Crippen molar-refractivity contribution in [3.63, 3.8) is 0 Å². The molecule has 3 heterocycles. The third-order valence-corrected chi connectivity index (χ3v) is 7.01. The van der Waals surface area contributed by atoms with Crippen molar-refractivity contribution in [1.29, 1.82) is 0 Å². The summed E-state index contributed by atoms with van der Waals surface area (Å²) in [5.41, 5.74) is 0.499. The fourth-order valence-corrected chi connectivity index (χ4v) is 4.94. The van der Waals surface area contributed by atoms with E-state index in [1.165, 1.54) is 6.07 Å². The molecular weight excluding hydrogens is 483 g/mol. The van der Waals surface area contributed by atoms with Crippen LogP contribution in [0.1, 0.15) is 25.0 Å². The van der Waals surface area contributed by atoms with Gasteiger partial charge in [0.25, 0.3) is 10.9 Å². The number of anilines is 3. The lowest BCUT2D eigenvalue weighted by Crippen LogP contribution is -2.44. The van der Waals surface area contributed by atoms with Gasteiger partial charge in [-0.2, -0.15) is 13.2 Å². The smallest absolute Gasteiger partial charge is 0.377 e. The summed E-state index contributed by atoms with van der Waals surface area (Å²) in [7, 11) is 0. The molecule has 0 spiro atoms. The normalized spacial score (nSPS) is 16.8. The Bertz CT molecular complexity index is 1540. The molecule has 1 N–H and O–H groups in total. The molecule has 6 rings (SSSR count). The number of halogens is 3. The van der Waals surface area contributed by atoms with Gasteiger partial charge in [0, 0.05) is 49.4 Å². The van der Waals surface area contributed by atoms with E-state index in [1.54, 1.807) is 6.20 Å². The van der Waals surface area contributed by atoms with Crippen molar-refractivity contribution >= 4 is 28.1 Å². The molecule has 10 heteroatoms. The first-order chi connectivity index (χ1) is 17.8. The maximum Gasteiger partial charge on any atom is 0.433 e.